The highest BCUT2D eigenvalue weighted by Gasteiger charge is 2.23. The van der Waals surface area contributed by atoms with Crippen molar-refractivity contribution in [2.45, 2.75) is 25.3 Å². The third-order valence-electron chi connectivity index (χ3n) is 4.40. The molecule has 0 spiro atoms. The predicted molar refractivity (Wildman–Crippen MR) is 92.2 cm³/mol. The zero-order chi connectivity index (χ0) is 17.1. The lowest BCUT2D eigenvalue weighted by Gasteiger charge is -2.26. The summed E-state index contributed by atoms with van der Waals surface area (Å²) in [5.41, 5.74) is 2.97. The van der Waals surface area contributed by atoms with Gasteiger partial charge >= 0.3 is 0 Å². The Morgan fingerprint density at radius 2 is 2.04 bits per heavy atom. The number of nitro groups is 1. The molecule has 6 heteroatoms. The summed E-state index contributed by atoms with van der Waals surface area (Å²) in [6.07, 6.45) is 2.91. The molecule has 124 valence electrons. The lowest BCUT2D eigenvalue weighted by atomic mass is 9.87. The number of hydrogen-bond donors (Lipinski definition) is 2. The van der Waals surface area contributed by atoms with E-state index in [0.717, 1.165) is 24.8 Å². The van der Waals surface area contributed by atoms with Gasteiger partial charge in [-0.1, -0.05) is 24.3 Å². The van der Waals surface area contributed by atoms with Crippen LogP contribution in [-0.2, 0) is 6.42 Å². The average Bonchev–Trinajstić information content (AvgIpc) is 2.61. The number of hydrogen-bond acceptors (Lipinski definition) is 4. The molecule has 2 aromatic rings. The average molecular weight is 325 g/mol. The molecule has 0 aliphatic heterocycles. The van der Waals surface area contributed by atoms with Crippen LogP contribution >= 0.6 is 0 Å². The van der Waals surface area contributed by atoms with Gasteiger partial charge in [-0.15, -0.1) is 0 Å². The number of nitrogens with zero attached hydrogens (tertiary/aromatic N) is 1. The fourth-order valence-electron chi connectivity index (χ4n) is 3.18. The smallest absolute Gasteiger partial charge is 0.293 e. The van der Waals surface area contributed by atoms with Crippen LogP contribution in [0.4, 0.5) is 11.4 Å². The van der Waals surface area contributed by atoms with Gasteiger partial charge in [0.05, 0.1) is 11.0 Å². The lowest BCUT2D eigenvalue weighted by molar-refractivity contribution is -0.384. The molecule has 0 saturated heterocycles. The quantitative estimate of drug-likeness (QED) is 0.666. The molecule has 0 saturated carbocycles. The van der Waals surface area contributed by atoms with Crippen LogP contribution in [0.2, 0.25) is 0 Å². The van der Waals surface area contributed by atoms with E-state index in [9.17, 15) is 14.9 Å². The van der Waals surface area contributed by atoms with E-state index < -0.39 is 4.92 Å². The van der Waals surface area contributed by atoms with Gasteiger partial charge in [-0.05, 0) is 42.5 Å². The third kappa shape index (κ3) is 3.08. The molecular weight excluding hydrogens is 306 g/mol. The molecule has 0 aromatic heterocycles. The molecule has 1 amide bonds. The first kappa shape index (κ1) is 16.0. The SMILES string of the molecule is CNc1ccc(C(=O)NC2CCCc3ccccc32)cc1[N+](=O)[O-]. The van der Waals surface area contributed by atoms with Crippen LogP contribution in [0.3, 0.4) is 0 Å². The Kier molecular flexibility index (Phi) is 4.46. The van der Waals surface area contributed by atoms with Crippen molar-refractivity contribution in [2.24, 2.45) is 0 Å². The summed E-state index contributed by atoms with van der Waals surface area (Å²) in [4.78, 5) is 23.2. The van der Waals surface area contributed by atoms with Gasteiger partial charge in [-0.3, -0.25) is 14.9 Å². The minimum absolute atomic E-state index is 0.0505. The van der Waals surface area contributed by atoms with E-state index in [0.29, 0.717) is 11.3 Å². The normalized spacial score (nSPS) is 16.1. The highest BCUT2D eigenvalue weighted by atomic mass is 16.6. The Hall–Kier alpha value is -2.89. The highest BCUT2D eigenvalue weighted by molar-refractivity contribution is 5.96. The summed E-state index contributed by atoms with van der Waals surface area (Å²) < 4.78 is 0. The molecule has 0 bridgehead atoms. The highest BCUT2D eigenvalue weighted by Crippen LogP contribution is 2.30. The van der Waals surface area contributed by atoms with Gasteiger partial charge in [-0.2, -0.15) is 0 Å². The van der Waals surface area contributed by atoms with Gasteiger partial charge in [0.15, 0.2) is 0 Å². The minimum Gasteiger partial charge on any atom is -0.383 e. The van der Waals surface area contributed by atoms with Gasteiger partial charge in [0.1, 0.15) is 5.69 Å². The number of nitro benzene ring substituents is 1. The van der Waals surface area contributed by atoms with Gasteiger partial charge in [0.25, 0.3) is 11.6 Å². The number of carbonyl (C=O) groups excluding carboxylic acids is 1. The van der Waals surface area contributed by atoms with E-state index in [1.165, 1.54) is 11.6 Å². The van der Waals surface area contributed by atoms with Crippen LogP contribution < -0.4 is 10.6 Å². The number of anilines is 1. The molecule has 6 nitrogen and oxygen atoms in total. The zero-order valence-electron chi connectivity index (χ0n) is 13.4. The summed E-state index contributed by atoms with van der Waals surface area (Å²) in [6.45, 7) is 0. The van der Waals surface area contributed by atoms with Crippen molar-refractivity contribution >= 4 is 17.3 Å². The molecule has 2 aromatic carbocycles. The standard InChI is InChI=1S/C18H19N3O3/c1-19-16-10-9-13(11-17(16)21(23)24)18(22)20-15-8-4-6-12-5-2-3-7-14(12)15/h2-3,5,7,9-11,15,19H,4,6,8H2,1H3,(H,20,22). The second-order valence-corrected chi connectivity index (χ2v) is 5.86. The molecule has 1 unspecified atom stereocenters. The fourth-order valence-corrected chi connectivity index (χ4v) is 3.18. The minimum atomic E-state index is -0.488. The van der Waals surface area contributed by atoms with Gasteiger partial charge in [-0.25, -0.2) is 0 Å². The Morgan fingerprint density at radius 3 is 2.79 bits per heavy atom. The van der Waals surface area contributed by atoms with Gasteiger partial charge < -0.3 is 10.6 Å². The summed E-state index contributed by atoms with van der Waals surface area (Å²) in [6, 6.07) is 12.5. The second-order valence-electron chi connectivity index (χ2n) is 5.86. The van der Waals surface area contributed by atoms with Crippen LogP contribution in [0.5, 0.6) is 0 Å². The first-order valence-corrected chi connectivity index (χ1v) is 7.95. The lowest BCUT2D eigenvalue weighted by Crippen LogP contribution is -2.31. The first-order chi connectivity index (χ1) is 11.6. The van der Waals surface area contributed by atoms with Gasteiger partial charge in [0, 0.05) is 18.7 Å². The van der Waals surface area contributed by atoms with Gasteiger partial charge in [0.2, 0.25) is 0 Å². The molecular formula is C18H19N3O3. The van der Waals surface area contributed by atoms with Crippen molar-refractivity contribution in [2.75, 3.05) is 12.4 Å². The second kappa shape index (κ2) is 6.70. The molecule has 1 aliphatic rings. The molecule has 2 N–H and O–H groups in total. The van der Waals surface area contributed by atoms with Crippen LogP contribution in [0, 0.1) is 10.1 Å². The van der Waals surface area contributed by atoms with E-state index in [1.807, 2.05) is 18.2 Å². The third-order valence-corrected chi connectivity index (χ3v) is 4.40. The number of rotatable bonds is 4. The Balaban J connectivity index is 1.84. The van der Waals surface area contributed by atoms with E-state index in [1.54, 1.807) is 19.2 Å². The largest absolute Gasteiger partial charge is 0.383 e. The predicted octanol–water partition coefficient (Wildman–Crippen LogP) is 3.44. The monoisotopic (exact) mass is 325 g/mol. The van der Waals surface area contributed by atoms with Crippen molar-refractivity contribution in [3.63, 3.8) is 0 Å². The summed E-state index contributed by atoms with van der Waals surface area (Å²) in [5.74, 6) is -0.289. The summed E-state index contributed by atoms with van der Waals surface area (Å²) in [7, 11) is 1.61. The van der Waals surface area contributed by atoms with E-state index >= 15 is 0 Å². The zero-order valence-corrected chi connectivity index (χ0v) is 13.4. The maximum absolute atomic E-state index is 12.5. The first-order valence-electron chi connectivity index (χ1n) is 7.95. The maximum atomic E-state index is 12.5. The van der Waals surface area contributed by atoms with Crippen molar-refractivity contribution in [3.05, 3.63) is 69.3 Å². The number of nitrogens with one attached hydrogen (secondary N) is 2. The van der Waals surface area contributed by atoms with E-state index in [4.69, 9.17) is 0 Å². The van der Waals surface area contributed by atoms with Crippen molar-refractivity contribution < 1.29 is 9.72 Å². The number of benzene rings is 2. The number of carbonyl (C=O) groups is 1. The van der Waals surface area contributed by atoms with Crippen molar-refractivity contribution in [1.82, 2.24) is 5.32 Å². The molecule has 24 heavy (non-hydrogen) atoms. The molecule has 0 fully saturated rings. The van der Waals surface area contributed by atoms with Crippen LogP contribution in [0.25, 0.3) is 0 Å². The molecule has 0 heterocycles. The van der Waals surface area contributed by atoms with Crippen LogP contribution in [0.1, 0.15) is 40.4 Å². The number of aryl methyl sites for hydroxylation is 1. The molecule has 1 atom stereocenters. The fraction of sp³-hybridized carbons (Fsp3) is 0.278. The summed E-state index contributed by atoms with van der Waals surface area (Å²) >= 11 is 0. The van der Waals surface area contributed by atoms with Crippen molar-refractivity contribution in [1.29, 1.82) is 0 Å². The maximum Gasteiger partial charge on any atom is 0.293 e. The number of amides is 1. The van der Waals surface area contributed by atoms with Crippen LogP contribution in [0.15, 0.2) is 42.5 Å². The molecule has 3 rings (SSSR count). The van der Waals surface area contributed by atoms with Crippen LogP contribution in [-0.4, -0.2) is 17.9 Å². The Bertz CT molecular complexity index is 789. The molecule has 1 aliphatic carbocycles. The van der Waals surface area contributed by atoms with Crippen molar-refractivity contribution in [3.8, 4) is 0 Å². The number of fused-ring (bicyclic) bond motifs is 1. The van der Waals surface area contributed by atoms with E-state index in [2.05, 4.69) is 16.7 Å². The molecule has 0 radical (unpaired) electrons. The topological polar surface area (TPSA) is 84.3 Å². The Morgan fingerprint density at radius 1 is 1.25 bits per heavy atom. The Labute approximate surface area is 140 Å². The summed E-state index contributed by atoms with van der Waals surface area (Å²) in [5, 5.41) is 16.9. The van der Waals surface area contributed by atoms with E-state index in [-0.39, 0.29) is 17.6 Å².